The highest BCUT2D eigenvalue weighted by Gasteiger charge is 2.32. The van der Waals surface area contributed by atoms with Gasteiger partial charge in [-0.2, -0.15) is 0 Å². The average molecular weight is 376 g/mol. The first-order chi connectivity index (χ1) is 8.44. The second-order valence-corrected chi connectivity index (χ2v) is 8.57. The second kappa shape index (κ2) is 5.74. The highest BCUT2D eigenvalue weighted by atomic mass is 79.9. The van der Waals surface area contributed by atoms with Crippen LogP contribution in [-0.2, 0) is 14.8 Å². The number of hydrogen-bond donors (Lipinski definition) is 2. The molecule has 0 radical (unpaired) electrons. The van der Waals surface area contributed by atoms with Gasteiger partial charge in [0.25, 0.3) is 10.0 Å². The monoisotopic (exact) mass is 374 g/mol. The third-order valence-corrected chi connectivity index (χ3v) is 7.09. The molecule has 0 saturated carbocycles. The van der Waals surface area contributed by atoms with Crippen molar-refractivity contribution in [1.82, 2.24) is 10.0 Å². The summed E-state index contributed by atoms with van der Waals surface area (Å²) in [4.78, 5) is 0. The molecule has 1 aromatic rings. The summed E-state index contributed by atoms with van der Waals surface area (Å²) < 4.78 is 32.9. The van der Waals surface area contributed by atoms with Crippen LogP contribution in [0.15, 0.2) is 14.1 Å². The van der Waals surface area contributed by atoms with Crippen LogP contribution in [0, 0.1) is 0 Å². The van der Waals surface area contributed by atoms with Crippen LogP contribution in [0.2, 0.25) is 5.02 Å². The van der Waals surface area contributed by atoms with Crippen LogP contribution >= 0.6 is 38.9 Å². The molecule has 0 aromatic carbocycles. The Balaban J connectivity index is 2.17. The first-order valence-electron chi connectivity index (χ1n) is 5.14. The van der Waals surface area contributed by atoms with E-state index in [2.05, 4.69) is 26.0 Å². The Labute approximate surface area is 123 Å². The molecule has 2 heterocycles. The Morgan fingerprint density at radius 3 is 2.89 bits per heavy atom. The fraction of sp³-hybridized carbons (Fsp3) is 0.556. The van der Waals surface area contributed by atoms with E-state index in [1.807, 2.05) is 0 Å². The summed E-state index contributed by atoms with van der Waals surface area (Å²) in [6, 6.07) is 1.17. The average Bonchev–Trinajstić information content (AvgIpc) is 2.86. The molecule has 1 unspecified atom stereocenters. The van der Waals surface area contributed by atoms with Crippen LogP contribution in [0.3, 0.4) is 0 Å². The van der Waals surface area contributed by atoms with Crippen LogP contribution in [0.4, 0.5) is 0 Å². The summed E-state index contributed by atoms with van der Waals surface area (Å²) in [7, 11) is -1.99. The molecule has 2 atom stereocenters. The largest absolute Gasteiger partial charge is 0.378 e. The molecule has 0 aliphatic carbocycles. The lowest BCUT2D eigenvalue weighted by Crippen LogP contribution is -2.43. The van der Waals surface area contributed by atoms with E-state index in [4.69, 9.17) is 16.3 Å². The van der Waals surface area contributed by atoms with Crippen molar-refractivity contribution >= 4 is 48.9 Å². The van der Waals surface area contributed by atoms with Gasteiger partial charge in [0.2, 0.25) is 0 Å². The highest BCUT2D eigenvalue weighted by molar-refractivity contribution is 9.11. The Hall–Kier alpha value is 0.300. The molecule has 9 heteroatoms. The van der Waals surface area contributed by atoms with Crippen molar-refractivity contribution in [3.63, 3.8) is 0 Å². The van der Waals surface area contributed by atoms with E-state index in [1.165, 1.54) is 6.07 Å². The number of sulfonamides is 1. The Bertz CT molecular complexity index is 514. The second-order valence-electron chi connectivity index (χ2n) is 3.85. The third kappa shape index (κ3) is 3.06. The van der Waals surface area contributed by atoms with Crippen LogP contribution in [0.5, 0.6) is 0 Å². The third-order valence-electron chi connectivity index (χ3n) is 2.66. The van der Waals surface area contributed by atoms with E-state index in [1.54, 1.807) is 7.11 Å². The minimum Gasteiger partial charge on any atom is -0.378 e. The maximum atomic E-state index is 12.2. The Morgan fingerprint density at radius 1 is 1.61 bits per heavy atom. The predicted octanol–water partition coefficient (Wildman–Crippen LogP) is 1.43. The van der Waals surface area contributed by atoms with Gasteiger partial charge in [0, 0.05) is 20.2 Å². The van der Waals surface area contributed by atoms with Gasteiger partial charge >= 0.3 is 0 Å². The summed E-state index contributed by atoms with van der Waals surface area (Å²) in [5.41, 5.74) is 0. The fourth-order valence-electron chi connectivity index (χ4n) is 1.74. The van der Waals surface area contributed by atoms with Crippen molar-refractivity contribution in [2.75, 3.05) is 20.2 Å². The standard InChI is InChI=1S/C9H12BrClN2O3S2/c1-16-7-4-12-3-6(7)13-18(14,15)8-2-5(11)9(10)17-8/h2,6-7,12-13H,3-4H2,1H3/t6?,7-/m0/s1. The summed E-state index contributed by atoms with van der Waals surface area (Å²) in [6.45, 7) is 1.19. The predicted molar refractivity (Wildman–Crippen MR) is 74.8 cm³/mol. The molecule has 1 aliphatic rings. The summed E-state index contributed by atoms with van der Waals surface area (Å²) >= 11 is 10.1. The first-order valence-corrected chi connectivity index (χ1v) is 8.62. The van der Waals surface area contributed by atoms with Crippen LogP contribution < -0.4 is 10.0 Å². The molecule has 18 heavy (non-hydrogen) atoms. The number of halogens is 2. The van der Waals surface area contributed by atoms with E-state index in [0.717, 1.165) is 11.3 Å². The summed E-state index contributed by atoms with van der Waals surface area (Å²) in [5.74, 6) is 0. The number of rotatable bonds is 4. The number of ether oxygens (including phenoxy) is 1. The molecule has 2 rings (SSSR count). The minimum absolute atomic E-state index is 0.154. The van der Waals surface area contributed by atoms with Gasteiger partial charge in [0.05, 0.1) is 21.0 Å². The SMILES string of the molecule is CO[C@H]1CNCC1NS(=O)(=O)c1cc(Cl)c(Br)s1. The number of nitrogens with one attached hydrogen (secondary N) is 2. The molecule has 5 nitrogen and oxygen atoms in total. The van der Waals surface area contributed by atoms with Gasteiger partial charge in [-0.1, -0.05) is 11.6 Å². The summed E-state index contributed by atoms with van der Waals surface area (Å²) in [5, 5.41) is 3.48. The van der Waals surface area contributed by atoms with Gasteiger partial charge in [0.15, 0.2) is 0 Å². The molecule has 2 N–H and O–H groups in total. The molecule has 1 fully saturated rings. The lowest BCUT2D eigenvalue weighted by Gasteiger charge is -2.17. The van der Waals surface area contributed by atoms with Crippen molar-refractivity contribution in [3.8, 4) is 0 Å². The van der Waals surface area contributed by atoms with E-state index in [-0.39, 0.29) is 16.4 Å². The molecule has 102 valence electrons. The maximum absolute atomic E-state index is 12.2. The number of hydrogen-bond acceptors (Lipinski definition) is 5. The van der Waals surface area contributed by atoms with Crippen molar-refractivity contribution < 1.29 is 13.2 Å². The van der Waals surface area contributed by atoms with Gasteiger partial charge in [-0.25, -0.2) is 13.1 Å². The molecule has 1 saturated heterocycles. The highest BCUT2D eigenvalue weighted by Crippen LogP contribution is 2.34. The van der Waals surface area contributed by atoms with E-state index in [9.17, 15) is 8.42 Å². The van der Waals surface area contributed by atoms with Gasteiger partial charge in [-0.3, -0.25) is 0 Å². The molecule has 1 aliphatic heterocycles. The first kappa shape index (κ1) is 14.7. The van der Waals surface area contributed by atoms with E-state index >= 15 is 0 Å². The van der Waals surface area contributed by atoms with E-state index < -0.39 is 10.0 Å². The zero-order valence-corrected chi connectivity index (χ0v) is 13.4. The zero-order chi connectivity index (χ0) is 13.3. The Kier molecular flexibility index (Phi) is 4.69. The van der Waals surface area contributed by atoms with Crippen molar-refractivity contribution in [1.29, 1.82) is 0 Å². The van der Waals surface area contributed by atoms with Crippen LogP contribution in [0.25, 0.3) is 0 Å². The van der Waals surface area contributed by atoms with Crippen molar-refractivity contribution in [2.24, 2.45) is 0 Å². The maximum Gasteiger partial charge on any atom is 0.250 e. The van der Waals surface area contributed by atoms with E-state index in [0.29, 0.717) is 21.9 Å². The van der Waals surface area contributed by atoms with Gasteiger partial charge < -0.3 is 10.1 Å². The molecule has 1 aromatic heterocycles. The normalized spacial score (nSPS) is 24.6. The van der Waals surface area contributed by atoms with Gasteiger partial charge in [0.1, 0.15) is 4.21 Å². The molecular weight excluding hydrogens is 364 g/mol. The lowest BCUT2D eigenvalue weighted by atomic mass is 10.2. The number of methoxy groups -OCH3 is 1. The fourth-order valence-corrected chi connectivity index (χ4v) is 5.42. The zero-order valence-electron chi connectivity index (χ0n) is 9.44. The molecule has 0 amide bonds. The lowest BCUT2D eigenvalue weighted by molar-refractivity contribution is 0.103. The van der Waals surface area contributed by atoms with Gasteiger partial charge in [-0.05, 0) is 22.0 Å². The van der Waals surface area contributed by atoms with Crippen LogP contribution in [-0.4, -0.2) is 40.8 Å². The Morgan fingerprint density at radius 2 is 2.33 bits per heavy atom. The van der Waals surface area contributed by atoms with Crippen molar-refractivity contribution in [3.05, 3.63) is 14.9 Å². The van der Waals surface area contributed by atoms with Gasteiger partial charge in [-0.15, -0.1) is 11.3 Å². The van der Waals surface area contributed by atoms with Crippen molar-refractivity contribution in [2.45, 2.75) is 16.4 Å². The topological polar surface area (TPSA) is 67.4 Å². The molecule has 0 bridgehead atoms. The summed E-state index contributed by atoms with van der Waals surface area (Å²) in [6.07, 6.45) is -0.154. The minimum atomic E-state index is -3.55. The molecule has 0 spiro atoms. The quantitative estimate of drug-likeness (QED) is 0.835. The smallest absolute Gasteiger partial charge is 0.250 e. The number of thiophene rings is 1. The van der Waals surface area contributed by atoms with Crippen LogP contribution in [0.1, 0.15) is 0 Å². The molecular formula is C9H12BrClN2O3S2.